The third-order valence-electron chi connectivity index (χ3n) is 4.15. The molecular weight excluding hydrogens is 324 g/mol. The van der Waals surface area contributed by atoms with Crippen molar-refractivity contribution in [2.75, 3.05) is 34.2 Å². The van der Waals surface area contributed by atoms with Crippen LogP contribution in [0.3, 0.4) is 0 Å². The van der Waals surface area contributed by atoms with Crippen molar-refractivity contribution in [1.29, 1.82) is 0 Å². The lowest BCUT2D eigenvalue weighted by Gasteiger charge is -2.23. The predicted molar refractivity (Wildman–Crippen MR) is 102 cm³/mol. The summed E-state index contributed by atoms with van der Waals surface area (Å²) in [5, 5.41) is 2.93. The molecule has 0 saturated heterocycles. The number of hydrogen-bond acceptors (Lipinski definition) is 2. The lowest BCUT2D eigenvalue weighted by atomic mass is 10.1. The summed E-state index contributed by atoms with van der Waals surface area (Å²) < 4.78 is 21.3. The van der Waals surface area contributed by atoms with Gasteiger partial charge in [0.1, 0.15) is 0 Å². The average Bonchev–Trinajstić information content (AvgIpc) is 2.48. The normalized spacial score (nSPS) is 14.4. The molecule has 1 amide bonds. The zero-order valence-corrected chi connectivity index (χ0v) is 17.0. The molecule has 0 rings (SSSR count). The molecule has 0 spiro atoms. The number of carbonyl (C=O) groups excluding carboxylic acids is 1. The van der Waals surface area contributed by atoms with Gasteiger partial charge in [0.15, 0.2) is 11.1 Å². The highest BCUT2D eigenvalue weighted by molar-refractivity contribution is 7.79. The fourth-order valence-electron chi connectivity index (χ4n) is 2.73. The highest BCUT2D eigenvalue weighted by atomic mass is 32.2. The van der Waals surface area contributed by atoms with Crippen molar-refractivity contribution in [2.45, 2.75) is 76.4 Å². The van der Waals surface area contributed by atoms with E-state index >= 15 is 0 Å². The van der Waals surface area contributed by atoms with E-state index in [9.17, 15) is 13.6 Å². The molecule has 0 aliphatic rings. The molecule has 0 aromatic rings. The predicted octanol–water partition coefficient (Wildman–Crippen LogP) is 3.32. The largest absolute Gasteiger partial charge is 0.356 e. The fraction of sp³-hybridized carbons (Fsp3) is 0.944. The van der Waals surface area contributed by atoms with Gasteiger partial charge in [0.25, 0.3) is 0 Å². The molecule has 0 bridgehead atoms. The quantitative estimate of drug-likeness (QED) is 0.266. The average molecular weight is 364 g/mol. The van der Waals surface area contributed by atoms with Crippen LogP contribution in [0.1, 0.15) is 71.1 Å². The summed E-state index contributed by atoms with van der Waals surface area (Å²) in [5.74, 6) is 0.162. The Bertz CT molecular complexity index is 357. The molecule has 2 atom stereocenters. The van der Waals surface area contributed by atoms with Crippen molar-refractivity contribution >= 4 is 17.0 Å². The molecule has 144 valence electrons. The highest BCUT2D eigenvalue weighted by Crippen LogP contribution is 2.14. The van der Waals surface area contributed by atoms with Crippen LogP contribution >= 0.6 is 0 Å². The molecule has 2 N–H and O–H groups in total. The van der Waals surface area contributed by atoms with Crippen molar-refractivity contribution in [3.63, 3.8) is 0 Å². The van der Waals surface area contributed by atoms with Gasteiger partial charge in [-0.3, -0.25) is 4.79 Å². The first-order valence-electron chi connectivity index (χ1n) is 9.43. The SMILES string of the molecule is CCCC(CCCCCCCC(=O)NCCC[N+](C)(C)C)S(=O)O. The zero-order chi connectivity index (χ0) is 18.4. The minimum Gasteiger partial charge on any atom is -0.356 e. The van der Waals surface area contributed by atoms with Gasteiger partial charge >= 0.3 is 0 Å². The monoisotopic (exact) mass is 363 g/mol. The molecule has 24 heavy (non-hydrogen) atoms. The second kappa shape index (κ2) is 13.8. The summed E-state index contributed by atoms with van der Waals surface area (Å²) in [6.45, 7) is 3.89. The lowest BCUT2D eigenvalue weighted by Crippen LogP contribution is -2.37. The Kier molecular flexibility index (Phi) is 13.5. The van der Waals surface area contributed by atoms with E-state index in [1.165, 1.54) is 0 Å². The van der Waals surface area contributed by atoms with Crippen molar-refractivity contribution < 1.29 is 18.0 Å². The molecule has 0 radical (unpaired) electrons. The third kappa shape index (κ3) is 15.1. The van der Waals surface area contributed by atoms with E-state index in [-0.39, 0.29) is 11.2 Å². The molecule has 0 aliphatic carbocycles. The van der Waals surface area contributed by atoms with Crippen LogP contribution in [0.25, 0.3) is 0 Å². The summed E-state index contributed by atoms with van der Waals surface area (Å²) in [4.78, 5) is 11.7. The smallest absolute Gasteiger partial charge is 0.219 e. The Morgan fingerprint density at radius 2 is 1.67 bits per heavy atom. The van der Waals surface area contributed by atoms with Gasteiger partial charge < -0.3 is 14.4 Å². The zero-order valence-electron chi connectivity index (χ0n) is 16.2. The molecule has 5 nitrogen and oxygen atoms in total. The maximum atomic E-state index is 11.7. The van der Waals surface area contributed by atoms with Gasteiger partial charge in [-0.05, 0) is 19.3 Å². The van der Waals surface area contributed by atoms with Gasteiger partial charge in [0.2, 0.25) is 5.91 Å². The maximum Gasteiger partial charge on any atom is 0.219 e. The minimum atomic E-state index is -1.68. The number of nitrogens with zero attached hydrogens (tertiary/aromatic N) is 1. The van der Waals surface area contributed by atoms with E-state index in [1.54, 1.807) is 0 Å². The Hall–Kier alpha value is -0.460. The molecular formula is C18H39N2O3S+. The van der Waals surface area contributed by atoms with Crippen LogP contribution in [-0.4, -0.2) is 58.6 Å². The van der Waals surface area contributed by atoms with Crippen molar-refractivity contribution in [3.05, 3.63) is 0 Å². The van der Waals surface area contributed by atoms with E-state index < -0.39 is 11.1 Å². The van der Waals surface area contributed by atoms with Crippen molar-refractivity contribution in [1.82, 2.24) is 5.32 Å². The Labute approximate surface area is 151 Å². The van der Waals surface area contributed by atoms with Gasteiger partial charge in [-0.1, -0.05) is 39.0 Å². The number of carbonyl (C=O) groups is 1. The maximum absolute atomic E-state index is 11.7. The first-order valence-corrected chi connectivity index (χ1v) is 10.6. The number of rotatable bonds is 15. The number of hydrogen-bond donors (Lipinski definition) is 2. The van der Waals surface area contributed by atoms with Gasteiger partial charge in [0, 0.05) is 19.4 Å². The summed E-state index contributed by atoms with van der Waals surface area (Å²) in [6.07, 6.45) is 9.45. The van der Waals surface area contributed by atoms with Crippen LogP contribution in [-0.2, 0) is 15.9 Å². The Morgan fingerprint density at radius 1 is 1.04 bits per heavy atom. The molecule has 0 aromatic carbocycles. The second-order valence-corrected chi connectivity index (χ2v) is 8.93. The molecule has 2 unspecified atom stereocenters. The molecule has 0 fully saturated rings. The van der Waals surface area contributed by atoms with Crippen LogP contribution in [0.5, 0.6) is 0 Å². The first-order chi connectivity index (χ1) is 11.3. The summed E-state index contributed by atoms with van der Waals surface area (Å²) in [7, 11) is 6.47. The Morgan fingerprint density at radius 3 is 2.25 bits per heavy atom. The van der Waals surface area contributed by atoms with Gasteiger partial charge in [-0.15, -0.1) is 0 Å². The van der Waals surface area contributed by atoms with Crippen LogP contribution in [0, 0.1) is 0 Å². The van der Waals surface area contributed by atoms with Crippen LogP contribution in [0.4, 0.5) is 0 Å². The van der Waals surface area contributed by atoms with Gasteiger partial charge in [-0.25, -0.2) is 4.21 Å². The molecule has 0 heterocycles. The molecule has 0 saturated carbocycles. The Balaban J connectivity index is 3.49. The van der Waals surface area contributed by atoms with Gasteiger partial charge in [0.05, 0.1) is 32.9 Å². The standard InChI is InChI=1S/C18H38N2O3S/c1-5-12-17(24(22)23)13-9-7-6-8-10-14-18(21)19-15-11-16-20(2,3)4/h17H,5-16H2,1-4H3,(H-,19,21,22,23)/p+1. The minimum absolute atomic E-state index is 0.0625. The van der Waals surface area contributed by atoms with Crippen LogP contribution < -0.4 is 5.32 Å². The summed E-state index contributed by atoms with van der Waals surface area (Å²) in [6, 6.07) is 0. The van der Waals surface area contributed by atoms with E-state index in [2.05, 4.69) is 26.5 Å². The van der Waals surface area contributed by atoms with Crippen molar-refractivity contribution in [2.24, 2.45) is 0 Å². The number of unbranched alkanes of at least 4 members (excludes halogenated alkanes) is 4. The van der Waals surface area contributed by atoms with E-state index in [4.69, 9.17) is 0 Å². The molecule has 6 heteroatoms. The van der Waals surface area contributed by atoms with E-state index in [0.717, 1.165) is 75.4 Å². The lowest BCUT2D eigenvalue weighted by molar-refractivity contribution is -0.870. The fourth-order valence-corrected chi connectivity index (χ4v) is 3.53. The molecule has 0 aromatic heterocycles. The summed E-state index contributed by atoms with van der Waals surface area (Å²) in [5.41, 5.74) is 0. The van der Waals surface area contributed by atoms with Crippen LogP contribution in [0.15, 0.2) is 0 Å². The van der Waals surface area contributed by atoms with Crippen LogP contribution in [0.2, 0.25) is 0 Å². The number of amides is 1. The highest BCUT2D eigenvalue weighted by Gasteiger charge is 2.13. The van der Waals surface area contributed by atoms with E-state index in [0.29, 0.717) is 6.42 Å². The van der Waals surface area contributed by atoms with Gasteiger partial charge in [-0.2, -0.15) is 0 Å². The number of nitrogens with one attached hydrogen (secondary N) is 1. The van der Waals surface area contributed by atoms with E-state index in [1.807, 2.05) is 6.92 Å². The second-order valence-electron chi connectivity index (χ2n) is 7.71. The molecule has 0 aliphatic heterocycles. The van der Waals surface area contributed by atoms with Crippen molar-refractivity contribution in [3.8, 4) is 0 Å². The summed E-state index contributed by atoms with van der Waals surface area (Å²) >= 11 is -1.68. The number of quaternary nitrogens is 1. The third-order valence-corrected chi connectivity index (χ3v) is 5.20. The topological polar surface area (TPSA) is 66.4 Å². The first kappa shape index (κ1) is 23.5.